The molecule has 1 aromatic carbocycles. The predicted octanol–water partition coefficient (Wildman–Crippen LogP) is 1.30. The Hall–Kier alpha value is -2.01. The number of hydrogen-bond donors (Lipinski definition) is 2. The van der Waals surface area contributed by atoms with E-state index >= 15 is 0 Å². The van der Waals surface area contributed by atoms with Crippen LogP contribution in [0.3, 0.4) is 0 Å². The quantitative estimate of drug-likeness (QED) is 0.860. The van der Waals surface area contributed by atoms with Crippen LogP contribution in [0.2, 0.25) is 0 Å². The number of fused-ring (bicyclic) bond motifs is 1. The van der Waals surface area contributed by atoms with Crippen LogP contribution in [0.1, 0.15) is 18.4 Å². The summed E-state index contributed by atoms with van der Waals surface area (Å²) < 4.78 is 10.6. The van der Waals surface area contributed by atoms with E-state index < -0.39 is 0 Å². The zero-order valence-electron chi connectivity index (χ0n) is 10.6. The van der Waals surface area contributed by atoms with Crippen molar-refractivity contribution >= 4 is 5.91 Å². The second kappa shape index (κ2) is 4.93. The summed E-state index contributed by atoms with van der Waals surface area (Å²) >= 11 is 0. The fourth-order valence-electron chi connectivity index (χ4n) is 2.26. The van der Waals surface area contributed by atoms with Gasteiger partial charge < -0.3 is 20.1 Å². The average Bonchev–Trinajstić information content (AvgIpc) is 2.85. The van der Waals surface area contributed by atoms with Gasteiger partial charge in [0.2, 0.25) is 12.7 Å². The van der Waals surface area contributed by atoms with E-state index in [-0.39, 0.29) is 18.7 Å². The van der Waals surface area contributed by atoms with Crippen molar-refractivity contribution < 1.29 is 14.3 Å². The van der Waals surface area contributed by atoms with E-state index in [2.05, 4.69) is 17.2 Å². The van der Waals surface area contributed by atoms with E-state index in [0.717, 1.165) is 35.6 Å². The highest BCUT2D eigenvalue weighted by atomic mass is 16.7. The maximum atomic E-state index is 11.7. The van der Waals surface area contributed by atoms with Gasteiger partial charge in [0.25, 0.3) is 0 Å². The first kappa shape index (κ1) is 12.0. The van der Waals surface area contributed by atoms with Crippen LogP contribution in [0, 0.1) is 0 Å². The van der Waals surface area contributed by atoms with Gasteiger partial charge in [0.05, 0.1) is 6.04 Å². The molecule has 0 spiro atoms. The van der Waals surface area contributed by atoms with Crippen molar-refractivity contribution in [2.75, 3.05) is 6.79 Å². The van der Waals surface area contributed by atoms with Crippen molar-refractivity contribution in [2.45, 2.75) is 25.4 Å². The molecule has 2 heterocycles. The minimum Gasteiger partial charge on any atom is -0.454 e. The first-order chi connectivity index (χ1) is 9.22. The minimum absolute atomic E-state index is 0.00278. The molecule has 1 atom stereocenters. The molecular formula is C14H16N2O3. The smallest absolute Gasteiger partial charge is 0.241 e. The van der Waals surface area contributed by atoms with E-state index in [4.69, 9.17) is 9.47 Å². The lowest BCUT2D eigenvalue weighted by atomic mass is 10.0. The van der Waals surface area contributed by atoms with Gasteiger partial charge in [-0.15, -0.1) is 0 Å². The van der Waals surface area contributed by atoms with Crippen LogP contribution in [0.25, 0.3) is 0 Å². The predicted molar refractivity (Wildman–Crippen MR) is 69.7 cm³/mol. The number of hydrogen-bond acceptors (Lipinski definition) is 4. The molecule has 1 aromatic rings. The van der Waals surface area contributed by atoms with Crippen LogP contribution < -0.4 is 20.1 Å². The van der Waals surface area contributed by atoms with Gasteiger partial charge in [-0.25, -0.2) is 0 Å². The van der Waals surface area contributed by atoms with Crippen molar-refractivity contribution in [3.05, 3.63) is 36.0 Å². The minimum atomic E-state index is -0.157. The van der Waals surface area contributed by atoms with E-state index in [1.54, 1.807) is 0 Å². The first-order valence-electron chi connectivity index (χ1n) is 6.33. The van der Waals surface area contributed by atoms with Crippen LogP contribution >= 0.6 is 0 Å². The zero-order chi connectivity index (χ0) is 13.2. The van der Waals surface area contributed by atoms with Crippen molar-refractivity contribution in [2.24, 2.45) is 0 Å². The van der Waals surface area contributed by atoms with Crippen molar-refractivity contribution in [3.8, 4) is 11.5 Å². The molecule has 3 rings (SSSR count). The lowest BCUT2D eigenvalue weighted by Crippen LogP contribution is -2.46. The molecule has 0 saturated carbocycles. The lowest BCUT2D eigenvalue weighted by molar-refractivity contribution is -0.123. The summed E-state index contributed by atoms with van der Waals surface area (Å²) in [6.07, 6.45) is 1.61. The average molecular weight is 260 g/mol. The summed E-state index contributed by atoms with van der Waals surface area (Å²) in [5, 5.41) is 6.02. The molecule has 2 aliphatic heterocycles. The monoisotopic (exact) mass is 260 g/mol. The van der Waals surface area contributed by atoms with E-state index in [1.165, 1.54) is 0 Å². The summed E-state index contributed by atoms with van der Waals surface area (Å²) in [5.41, 5.74) is 1.87. The Labute approximate surface area is 111 Å². The van der Waals surface area contributed by atoms with Gasteiger partial charge in [-0.3, -0.25) is 4.79 Å². The number of carbonyl (C=O) groups excluding carboxylic acids is 1. The van der Waals surface area contributed by atoms with Crippen LogP contribution in [-0.4, -0.2) is 18.7 Å². The molecule has 1 saturated heterocycles. The molecule has 5 nitrogen and oxygen atoms in total. The van der Waals surface area contributed by atoms with Gasteiger partial charge in [-0.05, 0) is 30.5 Å². The molecule has 0 aliphatic carbocycles. The van der Waals surface area contributed by atoms with E-state index in [0.29, 0.717) is 6.54 Å². The molecule has 0 bridgehead atoms. The summed E-state index contributed by atoms with van der Waals surface area (Å²) in [6, 6.07) is 5.65. The topological polar surface area (TPSA) is 59.6 Å². The molecule has 1 amide bonds. The highest BCUT2D eigenvalue weighted by molar-refractivity contribution is 5.84. The molecule has 2 N–H and O–H groups in total. The second-order valence-corrected chi connectivity index (χ2v) is 4.75. The highest BCUT2D eigenvalue weighted by Gasteiger charge is 2.23. The van der Waals surface area contributed by atoms with E-state index in [9.17, 15) is 4.79 Å². The Morgan fingerprint density at radius 3 is 3.05 bits per heavy atom. The van der Waals surface area contributed by atoms with Crippen LogP contribution in [0.4, 0.5) is 0 Å². The van der Waals surface area contributed by atoms with Gasteiger partial charge in [0.1, 0.15) is 0 Å². The number of ether oxygens (including phenoxy) is 2. The Morgan fingerprint density at radius 2 is 2.21 bits per heavy atom. The third-order valence-electron chi connectivity index (χ3n) is 3.34. The number of carbonyl (C=O) groups is 1. The van der Waals surface area contributed by atoms with E-state index in [1.807, 2.05) is 18.2 Å². The number of nitrogens with one attached hydrogen (secondary N) is 2. The number of allylic oxidation sites excluding steroid dienone is 1. The third kappa shape index (κ3) is 2.56. The third-order valence-corrected chi connectivity index (χ3v) is 3.34. The largest absolute Gasteiger partial charge is 0.454 e. The van der Waals surface area contributed by atoms with Gasteiger partial charge in [-0.1, -0.05) is 12.6 Å². The Balaban J connectivity index is 1.60. The number of rotatable bonds is 3. The van der Waals surface area contributed by atoms with Gasteiger partial charge in [-0.2, -0.15) is 0 Å². The Kier molecular flexibility index (Phi) is 3.13. The highest BCUT2D eigenvalue weighted by Crippen LogP contribution is 2.32. The number of amides is 1. The van der Waals surface area contributed by atoms with Crippen molar-refractivity contribution in [1.29, 1.82) is 0 Å². The van der Waals surface area contributed by atoms with Gasteiger partial charge >= 0.3 is 0 Å². The summed E-state index contributed by atoms with van der Waals surface area (Å²) in [6.45, 7) is 4.67. The summed E-state index contributed by atoms with van der Waals surface area (Å²) in [5.74, 6) is 1.54. The van der Waals surface area contributed by atoms with Crippen molar-refractivity contribution in [1.82, 2.24) is 10.6 Å². The zero-order valence-corrected chi connectivity index (χ0v) is 10.6. The summed E-state index contributed by atoms with van der Waals surface area (Å²) in [7, 11) is 0. The summed E-state index contributed by atoms with van der Waals surface area (Å²) in [4.78, 5) is 11.7. The normalized spacial score (nSPS) is 21.4. The molecule has 19 heavy (non-hydrogen) atoms. The molecule has 100 valence electrons. The SMILES string of the molecule is C=C1CCC(NCc2ccc3c(c2)OCO3)C(=O)N1. The van der Waals surface area contributed by atoms with Crippen LogP contribution in [0.5, 0.6) is 11.5 Å². The second-order valence-electron chi connectivity index (χ2n) is 4.75. The van der Waals surface area contributed by atoms with Gasteiger partial charge in [0.15, 0.2) is 11.5 Å². The molecular weight excluding hydrogens is 244 g/mol. The Bertz CT molecular complexity index is 527. The first-order valence-corrected chi connectivity index (χ1v) is 6.33. The lowest BCUT2D eigenvalue weighted by Gasteiger charge is -2.24. The molecule has 0 radical (unpaired) electrons. The molecule has 1 fully saturated rings. The molecule has 0 aromatic heterocycles. The maximum absolute atomic E-state index is 11.7. The molecule has 2 aliphatic rings. The van der Waals surface area contributed by atoms with Crippen LogP contribution in [0.15, 0.2) is 30.5 Å². The standard InChI is InChI=1S/C14H16N2O3/c1-9-2-4-11(14(17)16-9)15-7-10-3-5-12-13(6-10)19-8-18-12/h3,5-6,11,15H,1-2,4,7-8H2,(H,16,17). The molecule has 5 heteroatoms. The van der Waals surface area contributed by atoms with Crippen LogP contribution in [-0.2, 0) is 11.3 Å². The number of benzene rings is 1. The maximum Gasteiger partial charge on any atom is 0.241 e. The fraction of sp³-hybridized carbons (Fsp3) is 0.357. The molecule has 1 unspecified atom stereocenters. The van der Waals surface area contributed by atoms with Gasteiger partial charge in [0, 0.05) is 12.2 Å². The van der Waals surface area contributed by atoms with Crippen molar-refractivity contribution in [3.63, 3.8) is 0 Å². The fourth-order valence-corrected chi connectivity index (χ4v) is 2.26. The Morgan fingerprint density at radius 1 is 1.37 bits per heavy atom. The number of piperidine rings is 1.